The minimum absolute atomic E-state index is 0.266. The van der Waals surface area contributed by atoms with Crippen LogP contribution in [-0.4, -0.2) is 10.0 Å². The van der Waals surface area contributed by atoms with Gasteiger partial charge >= 0.3 is 5.69 Å². The summed E-state index contributed by atoms with van der Waals surface area (Å²) in [4.78, 5) is 10.2. The van der Waals surface area contributed by atoms with Gasteiger partial charge in [0.15, 0.2) is 5.75 Å². The van der Waals surface area contributed by atoms with Gasteiger partial charge in [-0.15, -0.1) is 0 Å². The van der Waals surface area contributed by atoms with Gasteiger partial charge in [0.1, 0.15) is 0 Å². The topological polar surface area (TPSA) is 89.4 Å². The van der Waals surface area contributed by atoms with Crippen molar-refractivity contribution >= 4 is 5.69 Å². The molecule has 0 bridgehead atoms. The van der Waals surface area contributed by atoms with Gasteiger partial charge in [-0.3, -0.25) is 10.1 Å². The maximum Gasteiger partial charge on any atom is 0.311 e. The van der Waals surface area contributed by atoms with Gasteiger partial charge in [0.25, 0.3) is 0 Å². The third kappa shape index (κ3) is 2.24. The van der Waals surface area contributed by atoms with Crippen LogP contribution in [0.4, 0.5) is 5.69 Å². The Balaban J connectivity index is 2.38. The standard InChI is InChI=1S/C12H16N2O3/c13-12(6-2-1-3-7-12)9-4-5-11(15)10(8-9)14(16)17/h4-5,8,15H,1-3,6-7,13H2. The molecule has 0 unspecified atom stereocenters. The average molecular weight is 236 g/mol. The summed E-state index contributed by atoms with van der Waals surface area (Å²) in [6.07, 6.45) is 4.94. The first-order chi connectivity index (χ1) is 8.03. The molecule has 0 heterocycles. The van der Waals surface area contributed by atoms with E-state index >= 15 is 0 Å². The number of phenols is 1. The highest BCUT2D eigenvalue weighted by atomic mass is 16.6. The molecule has 1 fully saturated rings. The molecule has 1 aromatic carbocycles. The highest BCUT2D eigenvalue weighted by Crippen LogP contribution is 2.38. The number of nitro groups is 1. The largest absolute Gasteiger partial charge is 0.502 e. The molecular formula is C12H16N2O3. The Morgan fingerprint density at radius 3 is 2.53 bits per heavy atom. The lowest BCUT2D eigenvalue weighted by Crippen LogP contribution is -2.38. The highest BCUT2D eigenvalue weighted by Gasteiger charge is 2.31. The number of nitrogens with two attached hydrogens (primary N) is 1. The molecule has 2 rings (SSSR count). The van der Waals surface area contributed by atoms with E-state index in [0.29, 0.717) is 0 Å². The number of aromatic hydroxyl groups is 1. The Bertz CT molecular complexity index is 439. The molecule has 5 heteroatoms. The summed E-state index contributed by atoms with van der Waals surface area (Å²) in [5.74, 6) is -0.307. The molecule has 92 valence electrons. The van der Waals surface area contributed by atoms with Crippen molar-refractivity contribution < 1.29 is 10.0 Å². The number of benzene rings is 1. The molecule has 0 atom stereocenters. The molecule has 17 heavy (non-hydrogen) atoms. The van der Waals surface area contributed by atoms with Gasteiger partial charge in [-0.2, -0.15) is 0 Å². The summed E-state index contributed by atoms with van der Waals surface area (Å²) in [6.45, 7) is 0. The van der Waals surface area contributed by atoms with Gasteiger partial charge in [-0.1, -0.05) is 25.3 Å². The number of rotatable bonds is 2. The van der Waals surface area contributed by atoms with Crippen LogP contribution in [0.2, 0.25) is 0 Å². The van der Waals surface area contributed by atoms with E-state index in [9.17, 15) is 15.2 Å². The molecule has 3 N–H and O–H groups in total. The minimum Gasteiger partial charge on any atom is -0.502 e. The van der Waals surface area contributed by atoms with E-state index < -0.39 is 10.5 Å². The molecule has 0 spiro atoms. The fourth-order valence-corrected chi connectivity index (χ4v) is 2.45. The number of phenolic OH excluding ortho intramolecular Hbond substituents is 1. The predicted octanol–water partition coefficient (Wildman–Crippen LogP) is 2.42. The summed E-state index contributed by atoms with van der Waals surface area (Å²) in [6, 6.07) is 4.45. The molecular weight excluding hydrogens is 220 g/mol. The van der Waals surface area contributed by atoms with E-state index in [2.05, 4.69) is 0 Å². The summed E-state index contributed by atoms with van der Waals surface area (Å²) in [7, 11) is 0. The van der Waals surface area contributed by atoms with Crippen molar-refractivity contribution in [2.24, 2.45) is 5.73 Å². The molecule has 0 amide bonds. The maximum atomic E-state index is 10.8. The van der Waals surface area contributed by atoms with Crippen LogP contribution in [0, 0.1) is 10.1 Å². The average Bonchev–Trinajstić information content (AvgIpc) is 2.30. The smallest absolute Gasteiger partial charge is 0.311 e. The van der Waals surface area contributed by atoms with E-state index in [4.69, 9.17) is 5.73 Å². The lowest BCUT2D eigenvalue weighted by Gasteiger charge is -2.33. The normalized spacial score (nSPS) is 18.9. The van der Waals surface area contributed by atoms with Gasteiger partial charge in [0.05, 0.1) is 4.92 Å². The quantitative estimate of drug-likeness (QED) is 0.609. The van der Waals surface area contributed by atoms with E-state index in [1.54, 1.807) is 6.07 Å². The predicted molar refractivity (Wildman–Crippen MR) is 63.7 cm³/mol. The first-order valence-electron chi connectivity index (χ1n) is 5.80. The van der Waals surface area contributed by atoms with Crippen LogP contribution in [0.1, 0.15) is 37.7 Å². The van der Waals surface area contributed by atoms with Gasteiger partial charge < -0.3 is 10.8 Å². The molecule has 0 radical (unpaired) electrons. The summed E-state index contributed by atoms with van der Waals surface area (Å²) < 4.78 is 0. The number of nitrogens with zero attached hydrogens (tertiary/aromatic N) is 1. The van der Waals surface area contributed by atoms with Crippen molar-refractivity contribution in [3.8, 4) is 5.75 Å². The fourth-order valence-electron chi connectivity index (χ4n) is 2.45. The van der Waals surface area contributed by atoms with E-state index in [1.165, 1.54) is 18.6 Å². The SMILES string of the molecule is NC1(c2ccc(O)c([N+](=O)[O-])c2)CCCCC1. The summed E-state index contributed by atoms with van der Waals surface area (Å²) >= 11 is 0. The van der Waals surface area contributed by atoms with Gasteiger partial charge in [-0.25, -0.2) is 0 Å². The third-order valence-corrected chi connectivity index (χ3v) is 3.49. The van der Waals surface area contributed by atoms with Crippen molar-refractivity contribution in [1.29, 1.82) is 0 Å². The Morgan fingerprint density at radius 2 is 1.94 bits per heavy atom. The van der Waals surface area contributed by atoms with Crippen LogP contribution in [0.25, 0.3) is 0 Å². The van der Waals surface area contributed by atoms with Gasteiger partial charge in [-0.05, 0) is 24.5 Å². The second kappa shape index (κ2) is 4.33. The van der Waals surface area contributed by atoms with E-state index in [1.807, 2.05) is 0 Å². The molecule has 1 aliphatic carbocycles. The molecule has 0 saturated heterocycles. The first kappa shape index (κ1) is 11.9. The molecule has 1 aliphatic rings. The third-order valence-electron chi connectivity index (χ3n) is 3.49. The van der Waals surface area contributed by atoms with Gasteiger partial charge in [0.2, 0.25) is 0 Å². The second-order valence-corrected chi connectivity index (χ2v) is 4.68. The zero-order valence-electron chi connectivity index (χ0n) is 9.56. The molecule has 1 saturated carbocycles. The Hall–Kier alpha value is -1.62. The number of nitro benzene ring substituents is 1. The molecule has 5 nitrogen and oxygen atoms in total. The zero-order chi connectivity index (χ0) is 12.5. The van der Waals surface area contributed by atoms with Crippen LogP contribution in [-0.2, 0) is 5.54 Å². The van der Waals surface area contributed by atoms with Crippen molar-refractivity contribution in [1.82, 2.24) is 0 Å². The van der Waals surface area contributed by atoms with Crippen LogP contribution in [0.5, 0.6) is 5.75 Å². The van der Waals surface area contributed by atoms with Crippen LogP contribution in [0.3, 0.4) is 0 Å². The summed E-state index contributed by atoms with van der Waals surface area (Å²) in [5, 5.41) is 20.2. The Kier molecular flexibility index (Phi) is 3.02. The van der Waals surface area contributed by atoms with Crippen molar-refractivity contribution in [2.75, 3.05) is 0 Å². The summed E-state index contributed by atoms with van der Waals surface area (Å²) in [5.41, 5.74) is 6.31. The number of hydrogen-bond donors (Lipinski definition) is 2. The zero-order valence-corrected chi connectivity index (χ0v) is 9.56. The lowest BCUT2D eigenvalue weighted by atomic mass is 9.77. The van der Waals surface area contributed by atoms with Crippen LogP contribution in [0.15, 0.2) is 18.2 Å². The molecule has 0 aromatic heterocycles. The van der Waals surface area contributed by atoms with E-state index in [0.717, 1.165) is 31.2 Å². The fraction of sp³-hybridized carbons (Fsp3) is 0.500. The van der Waals surface area contributed by atoms with Crippen LogP contribution >= 0.6 is 0 Å². The van der Waals surface area contributed by atoms with Crippen molar-refractivity contribution in [3.05, 3.63) is 33.9 Å². The van der Waals surface area contributed by atoms with E-state index in [-0.39, 0.29) is 11.4 Å². The minimum atomic E-state index is -0.578. The monoisotopic (exact) mass is 236 g/mol. The number of hydrogen-bond acceptors (Lipinski definition) is 4. The first-order valence-corrected chi connectivity index (χ1v) is 5.80. The molecule has 0 aliphatic heterocycles. The van der Waals surface area contributed by atoms with Crippen LogP contribution < -0.4 is 5.73 Å². The molecule has 1 aromatic rings. The second-order valence-electron chi connectivity index (χ2n) is 4.68. The lowest BCUT2D eigenvalue weighted by molar-refractivity contribution is -0.386. The highest BCUT2D eigenvalue weighted by molar-refractivity contribution is 5.49. The Labute approximate surface area is 99.4 Å². The maximum absolute atomic E-state index is 10.8. The van der Waals surface area contributed by atoms with Crippen molar-refractivity contribution in [3.63, 3.8) is 0 Å². The Morgan fingerprint density at radius 1 is 1.29 bits per heavy atom. The van der Waals surface area contributed by atoms with Crippen molar-refractivity contribution in [2.45, 2.75) is 37.6 Å². The van der Waals surface area contributed by atoms with Gasteiger partial charge in [0, 0.05) is 11.6 Å².